The second-order valence-electron chi connectivity index (χ2n) is 7.60. The maximum atomic E-state index is 11.1. The van der Waals surface area contributed by atoms with Gasteiger partial charge in [0.25, 0.3) is 5.69 Å². The van der Waals surface area contributed by atoms with Gasteiger partial charge in [0.15, 0.2) is 11.6 Å². The normalized spacial score (nSPS) is 15.8. The van der Waals surface area contributed by atoms with Crippen molar-refractivity contribution in [3.63, 3.8) is 0 Å². The number of piperazine rings is 1. The van der Waals surface area contributed by atoms with E-state index in [1.54, 1.807) is 12.1 Å². The van der Waals surface area contributed by atoms with Crippen LogP contribution in [0, 0.1) is 17.0 Å². The Hall–Kier alpha value is -3.40. The van der Waals surface area contributed by atoms with Crippen LogP contribution < -0.4 is 4.90 Å². The molecule has 0 amide bonds. The van der Waals surface area contributed by atoms with Gasteiger partial charge in [0.1, 0.15) is 5.82 Å². The van der Waals surface area contributed by atoms with Gasteiger partial charge in [-0.3, -0.25) is 15.0 Å². The predicted molar refractivity (Wildman–Crippen MR) is 115 cm³/mol. The van der Waals surface area contributed by atoms with Gasteiger partial charge in [0.05, 0.1) is 11.0 Å². The molecular formula is C21H25N7O3. The smallest absolute Gasteiger partial charge is 0.270 e. The number of nitro groups is 1. The average molecular weight is 423 g/mol. The van der Waals surface area contributed by atoms with Crippen LogP contribution >= 0.6 is 0 Å². The highest BCUT2D eigenvalue weighted by Gasteiger charge is 2.26. The first-order valence-electron chi connectivity index (χ1n) is 10.4. The minimum Gasteiger partial charge on any atom is -0.354 e. The van der Waals surface area contributed by atoms with Crippen molar-refractivity contribution in [2.24, 2.45) is 0 Å². The van der Waals surface area contributed by atoms with Crippen LogP contribution in [0.1, 0.15) is 37.3 Å². The van der Waals surface area contributed by atoms with Crippen LogP contribution in [0.25, 0.3) is 11.4 Å². The van der Waals surface area contributed by atoms with Gasteiger partial charge >= 0.3 is 0 Å². The number of benzene rings is 1. The van der Waals surface area contributed by atoms with E-state index in [0.29, 0.717) is 17.3 Å². The number of nitro benzene ring substituents is 1. The summed E-state index contributed by atoms with van der Waals surface area (Å²) in [6.07, 6.45) is 0.754. The number of hydrogen-bond donors (Lipinski definition) is 0. The lowest BCUT2D eigenvalue weighted by Gasteiger charge is -2.37. The summed E-state index contributed by atoms with van der Waals surface area (Å²) < 4.78 is 5.40. The van der Waals surface area contributed by atoms with Crippen LogP contribution in [0.4, 0.5) is 11.5 Å². The van der Waals surface area contributed by atoms with E-state index in [9.17, 15) is 10.1 Å². The average Bonchev–Trinajstić information content (AvgIpc) is 3.28. The van der Waals surface area contributed by atoms with E-state index >= 15 is 0 Å². The van der Waals surface area contributed by atoms with Gasteiger partial charge in [-0.2, -0.15) is 4.98 Å². The third kappa shape index (κ3) is 4.53. The molecule has 31 heavy (non-hydrogen) atoms. The van der Waals surface area contributed by atoms with Crippen molar-refractivity contribution >= 4 is 11.5 Å². The van der Waals surface area contributed by atoms with E-state index < -0.39 is 4.92 Å². The third-order valence-electron chi connectivity index (χ3n) is 5.50. The number of aryl methyl sites for hydroxylation is 2. The Balaban J connectivity index is 1.48. The molecular weight excluding hydrogens is 398 g/mol. The zero-order valence-corrected chi connectivity index (χ0v) is 17.9. The molecule has 0 aliphatic carbocycles. The standard InChI is InChI=1S/C21H25N7O3/c1-4-18-23-21(31-25-18)15(3)26-8-10-27(11-9-26)19-12-14(2)22-20(24-19)16-6-5-7-17(13-16)28(29)30/h5-7,12-13,15H,4,8-11H2,1-3H3. The summed E-state index contributed by atoms with van der Waals surface area (Å²) in [5, 5.41) is 15.1. The summed E-state index contributed by atoms with van der Waals surface area (Å²) in [6.45, 7) is 9.25. The molecule has 162 valence electrons. The fraction of sp³-hybridized carbons (Fsp3) is 0.429. The van der Waals surface area contributed by atoms with Gasteiger partial charge in [-0.05, 0) is 13.8 Å². The highest BCUT2D eigenvalue weighted by molar-refractivity contribution is 5.61. The summed E-state index contributed by atoms with van der Waals surface area (Å²) in [5.41, 5.74) is 1.48. The zero-order valence-electron chi connectivity index (χ0n) is 17.9. The summed E-state index contributed by atoms with van der Waals surface area (Å²) >= 11 is 0. The van der Waals surface area contributed by atoms with Gasteiger partial charge in [-0.1, -0.05) is 24.2 Å². The molecule has 0 spiro atoms. The lowest BCUT2D eigenvalue weighted by Crippen LogP contribution is -2.47. The Labute approximate surface area is 180 Å². The second-order valence-corrected chi connectivity index (χ2v) is 7.60. The molecule has 2 aromatic heterocycles. The molecule has 0 saturated carbocycles. The van der Waals surface area contributed by atoms with Crippen molar-refractivity contribution < 1.29 is 9.45 Å². The van der Waals surface area contributed by atoms with Gasteiger partial charge in [0, 0.05) is 62.1 Å². The van der Waals surface area contributed by atoms with Crippen molar-refractivity contribution in [2.45, 2.75) is 33.2 Å². The highest BCUT2D eigenvalue weighted by atomic mass is 16.6. The lowest BCUT2D eigenvalue weighted by molar-refractivity contribution is -0.384. The van der Waals surface area contributed by atoms with Gasteiger partial charge in [-0.15, -0.1) is 0 Å². The van der Waals surface area contributed by atoms with Crippen molar-refractivity contribution in [1.29, 1.82) is 0 Å². The molecule has 0 radical (unpaired) electrons. The van der Waals surface area contributed by atoms with E-state index in [0.717, 1.165) is 49.9 Å². The first kappa shape index (κ1) is 20.9. The second kappa shape index (κ2) is 8.76. The molecule has 10 nitrogen and oxygen atoms in total. The third-order valence-corrected chi connectivity index (χ3v) is 5.50. The molecule has 1 aliphatic rings. The molecule has 1 fully saturated rings. The summed E-state index contributed by atoms with van der Waals surface area (Å²) in [4.78, 5) is 28.9. The molecule has 0 bridgehead atoms. The van der Waals surface area contributed by atoms with Crippen LogP contribution in [0.15, 0.2) is 34.9 Å². The predicted octanol–water partition coefficient (Wildman–Crippen LogP) is 3.19. The molecule has 0 N–H and O–H groups in total. The Morgan fingerprint density at radius 2 is 1.94 bits per heavy atom. The van der Waals surface area contributed by atoms with Crippen molar-refractivity contribution in [1.82, 2.24) is 25.0 Å². The maximum Gasteiger partial charge on any atom is 0.270 e. The Kier molecular flexibility index (Phi) is 5.90. The molecule has 3 heterocycles. The van der Waals surface area contributed by atoms with Crippen LogP contribution in [0.3, 0.4) is 0 Å². The number of rotatable bonds is 6. The number of nitrogens with zero attached hydrogens (tertiary/aromatic N) is 7. The van der Waals surface area contributed by atoms with E-state index in [1.807, 2.05) is 19.9 Å². The number of hydrogen-bond acceptors (Lipinski definition) is 9. The van der Waals surface area contributed by atoms with E-state index in [1.165, 1.54) is 12.1 Å². The zero-order chi connectivity index (χ0) is 22.0. The van der Waals surface area contributed by atoms with Crippen molar-refractivity contribution in [3.05, 3.63) is 57.9 Å². The van der Waals surface area contributed by atoms with Crippen LogP contribution in [0.5, 0.6) is 0 Å². The monoisotopic (exact) mass is 423 g/mol. The number of anilines is 1. The Morgan fingerprint density at radius 1 is 1.16 bits per heavy atom. The molecule has 10 heteroatoms. The Morgan fingerprint density at radius 3 is 2.61 bits per heavy atom. The SMILES string of the molecule is CCc1noc(C(C)N2CCN(c3cc(C)nc(-c4cccc([N+](=O)[O-])c4)n3)CC2)n1. The number of aromatic nitrogens is 4. The minimum absolute atomic E-state index is 0.0269. The van der Waals surface area contributed by atoms with Gasteiger partial charge < -0.3 is 9.42 Å². The molecule has 1 atom stereocenters. The van der Waals surface area contributed by atoms with E-state index in [-0.39, 0.29) is 11.7 Å². The fourth-order valence-corrected chi connectivity index (χ4v) is 3.68. The Bertz CT molecular complexity index is 1080. The number of non-ortho nitro benzene ring substituents is 1. The van der Waals surface area contributed by atoms with E-state index in [4.69, 9.17) is 9.51 Å². The highest BCUT2D eigenvalue weighted by Crippen LogP contribution is 2.26. The molecule has 1 aromatic carbocycles. The van der Waals surface area contributed by atoms with Crippen LogP contribution in [0.2, 0.25) is 0 Å². The minimum atomic E-state index is -0.409. The summed E-state index contributed by atoms with van der Waals surface area (Å²) in [7, 11) is 0. The topological polar surface area (TPSA) is 114 Å². The van der Waals surface area contributed by atoms with Crippen molar-refractivity contribution in [3.8, 4) is 11.4 Å². The largest absolute Gasteiger partial charge is 0.354 e. The first-order valence-corrected chi connectivity index (χ1v) is 10.4. The summed E-state index contributed by atoms with van der Waals surface area (Å²) in [6, 6.07) is 8.43. The molecule has 1 unspecified atom stereocenters. The lowest BCUT2D eigenvalue weighted by atomic mass is 10.2. The molecule has 4 rings (SSSR count). The summed E-state index contributed by atoms with van der Waals surface area (Å²) in [5.74, 6) is 2.70. The molecule has 1 aliphatic heterocycles. The van der Waals surface area contributed by atoms with Gasteiger partial charge in [-0.25, -0.2) is 9.97 Å². The fourth-order valence-electron chi connectivity index (χ4n) is 3.68. The van der Waals surface area contributed by atoms with Crippen molar-refractivity contribution in [2.75, 3.05) is 31.1 Å². The van der Waals surface area contributed by atoms with Crippen LogP contribution in [-0.4, -0.2) is 56.1 Å². The van der Waals surface area contributed by atoms with Crippen LogP contribution in [-0.2, 0) is 6.42 Å². The quantitative estimate of drug-likeness (QED) is 0.435. The van der Waals surface area contributed by atoms with E-state index in [2.05, 4.69) is 31.8 Å². The maximum absolute atomic E-state index is 11.1. The first-order chi connectivity index (χ1) is 14.9. The molecule has 3 aromatic rings. The van der Waals surface area contributed by atoms with Gasteiger partial charge in [0.2, 0.25) is 5.89 Å². The molecule has 1 saturated heterocycles.